The lowest BCUT2D eigenvalue weighted by Crippen LogP contribution is -2.68. The molecule has 1 aromatic heterocycles. The summed E-state index contributed by atoms with van der Waals surface area (Å²) in [6.07, 6.45) is 0. The van der Waals surface area contributed by atoms with Crippen LogP contribution in [0.25, 0.3) is 0 Å². The van der Waals surface area contributed by atoms with Crippen molar-refractivity contribution in [2.24, 2.45) is 0 Å². The Bertz CT molecular complexity index is 842. The monoisotopic (exact) mass is 441 g/mol. The average molecular weight is 442 g/mol. The third-order valence-corrected chi connectivity index (χ3v) is 11.5. The SMILES string of the molecule is CC(C)(C)[Si](c1ccccc1)(c1ccccc1)C(O)c1cccc(OBr)n1. The molecule has 0 saturated heterocycles. The second-order valence-corrected chi connectivity index (χ2v) is 12.8. The minimum Gasteiger partial charge on any atom is -0.398 e. The van der Waals surface area contributed by atoms with Gasteiger partial charge in [0.15, 0.2) is 24.3 Å². The molecule has 0 spiro atoms. The number of nitrogens with zero attached hydrogens (tertiary/aromatic N) is 1. The summed E-state index contributed by atoms with van der Waals surface area (Å²) in [5.74, 6) is 0.435. The molecule has 1 unspecified atom stereocenters. The van der Waals surface area contributed by atoms with Crippen molar-refractivity contribution in [3.63, 3.8) is 0 Å². The zero-order valence-electron chi connectivity index (χ0n) is 15.8. The fourth-order valence-corrected chi connectivity index (χ4v) is 9.75. The number of hydrogen-bond acceptors (Lipinski definition) is 3. The number of hydrogen-bond donors (Lipinski definition) is 1. The highest BCUT2D eigenvalue weighted by Crippen LogP contribution is 2.43. The van der Waals surface area contributed by atoms with E-state index in [9.17, 15) is 5.11 Å². The highest BCUT2D eigenvalue weighted by Gasteiger charge is 2.54. The number of halogens is 1. The molecule has 0 fully saturated rings. The van der Waals surface area contributed by atoms with E-state index in [0.717, 1.165) is 0 Å². The van der Waals surface area contributed by atoms with Crippen LogP contribution in [0, 0.1) is 0 Å². The van der Waals surface area contributed by atoms with Crippen LogP contribution in [0.2, 0.25) is 5.04 Å². The second-order valence-electron chi connectivity index (χ2n) is 7.67. The van der Waals surface area contributed by atoms with Crippen LogP contribution in [-0.4, -0.2) is 18.2 Å². The van der Waals surface area contributed by atoms with Crippen LogP contribution < -0.4 is 14.2 Å². The number of aliphatic hydroxyl groups is 1. The van der Waals surface area contributed by atoms with E-state index in [2.05, 4.69) is 66.3 Å². The largest absolute Gasteiger partial charge is 0.398 e. The standard InChI is InChI=1S/C22H24BrNO2Si/c1-22(2,3)27(17-11-6-4-7-12-17,18-13-8-5-9-14-18)21(25)19-15-10-16-20(24-19)26-23/h4-16,21,25H,1-3H3. The van der Waals surface area contributed by atoms with Crippen LogP contribution in [0.5, 0.6) is 5.88 Å². The molecule has 1 heterocycles. The van der Waals surface area contributed by atoms with Crippen molar-refractivity contribution >= 4 is 34.7 Å². The Kier molecular flexibility index (Phi) is 5.84. The Morgan fingerprint density at radius 1 is 0.852 bits per heavy atom. The maximum Gasteiger partial charge on any atom is 0.227 e. The lowest BCUT2D eigenvalue weighted by molar-refractivity contribution is 0.241. The van der Waals surface area contributed by atoms with Crippen LogP contribution in [0.3, 0.4) is 0 Å². The first-order valence-corrected chi connectivity index (χ1v) is 11.7. The van der Waals surface area contributed by atoms with E-state index in [1.54, 1.807) is 6.07 Å². The van der Waals surface area contributed by atoms with Crippen LogP contribution >= 0.6 is 16.3 Å². The van der Waals surface area contributed by atoms with Crippen molar-refractivity contribution in [1.82, 2.24) is 4.98 Å². The van der Waals surface area contributed by atoms with E-state index >= 15 is 0 Å². The van der Waals surface area contributed by atoms with E-state index in [-0.39, 0.29) is 5.04 Å². The smallest absolute Gasteiger partial charge is 0.227 e. The third kappa shape index (κ3) is 3.59. The van der Waals surface area contributed by atoms with Crippen LogP contribution in [0.15, 0.2) is 78.9 Å². The number of pyridine rings is 1. The van der Waals surface area contributed by atoms with Crippen molar-refractivity contribution in [3.05, 3.63) is 84.6 Å². The topological polar surface area (TPSA) is 42.4 Å². The van der Waals surface area contributed by atoms with Gasteiger partial charge in [0.05, 0.1) is 11.4 Å². The summed E-state index contributed by atoms with van der Waals surface area (Å²) in [6, 6.07) is 26.3. The minimum atomic E-state index is -2.71. The zero-order chi connectivity index (χ0) is 19.5. The van der Waals surface area contributed by atoms with Gasteiger partial charge in [-0.15, -0.1) is 0 Å². The second kappa shape index (κ2) is 7.96. The van der Waals surface area contributed by atoms with E-state index < -0.39 is 13.8 Å². The number of benzene rings is 2. The number of aromatic nitrogens is 1. The molecule has 3 rings (SSSR count). The van der Waals surface area contributed by atoms with Gasteiger partial charge in [0.25, 0.3) is 0 Å². The molecular weight excluding hydrogens is 418 g/mol. The normalized spacial score (nSPS) is 13.2. The fraction of sp³-hybridized carbons (Fsp3) is 0.227. The summed E-state index contributed by atoms with van der Waals surface area (Å²) in [7, 11) is -2.71. The van der Waals surface area contributed by atoms with Crippen molar-refractivity contribution in [2.45, 2.75) is 31.5 Å². The van der Waals surface area contributed by atoms with E-state index in [4.69, 9.17) is 3.83 Å². The molecule has 0 aliphatic heterocycles. The molecule has 27 heavy (non-hydrogen) atoms. The molecule has 3 aromatic rings. The van der Waals surface area contributed by atoms with Gasteiger partial charge in [0.1, 0.15) is 0 Å². The van der Waals surface area contributed by atoms with Gasteiger partial charge in [-0.3, -0.25) is 0 Å². The molecule has 0 amide bonds. The van der Waals surface area contributed by atoms with Crippen LogP contribution in [0.4, 0.5) is 0 Å². The quantitative estimate of drug-likeness (QED) is 0.596. The Labute approximate surface area is 170 Å². The van der Waals surface area contributed by atoms with Gasteiger partial charge >= 0.3 is 0 Å². The number of aliphatic hydroxyl groups excluding tert-OH is 1. The third-order valence-electron chi connectivity index (χ3n) is 5.16. The van der Waals surface area contributed by atoms with Gasteiger partial charge in [-0.25, -0.2) is 4.98 Å². The van der Waals surface area contributed by atoms with E-state index in [1.807, 2.05) is 48.5 Å². The van der Waals surface area contributed by atoms with Gasteiger partial charge < -0.3 is 8.93 Å². The molecule has 140 valence electrons. The van der Waals surface area contributed by atoms with Crippen LogP contribution in [0.1, 0.15) is 32.2 Å². The Morgan fingerprint density at radius 3 is 1.81 bits per heavy atom. The van der Waals surface area contributed by atoms with Crippen LogP contribution in [-0.2, 0) is 0 Å². The highest BCUT2D eigenvalue weighted by atomic mass is 79.9. The average Bonchev–Trinajstić information content (AvgIpc) is 2.69. The molecule has 0 radical (unpaired) electrons. The molecule has 3 nitrogen and oxygen atoms in total. The Morgan fingerprint density at radius 2 is 1.37 bits per heavy atom. The van der Waals surface area contributed by atoms with Gasteiger partial charge in [-0.05, 0) is 11.1 Å². The van der Waals surface area contributed by atoms with Gasteiger partial charge in [0.2, 0.25) is 5.88 Å². The lowest BCUT2D eigenvalue weighted by Gasteiger charge is -2.46. The first-order chi connectivity index (χ1) is 12.9. The maximum absolute atomic E-state index is 11.8. The summed E-state index contributed by atoms with van der Waals surface area (Å²) in [5, 5.41) is 14.0. The lowest BCUT2D eigenvalue weighted by atomic mass is 10.2. The summed E-state index contributed by atoms with van der Waals surface area (Å²) in [4.78, 5) is 4.54. The predicted octanol–water partition coefficient (Wildman–Crippen LogP) is 4.41. The van der Waals surface area contributed by atoms with Gasteiger partial charge in [-0.1, -0.05) is 97.9 Å². The zero-order valence-corrected chi connectivity index (χ0v) is 18.3. The minimum absolute atomic E-state index is 0.165. The summed E-state index contributed by atoms with van der Waals surface area (Å²) in [5.41, 5.74) is -0.105. The highest BCUT2D eigenvalue weighted by molar-refractivity contribution is 9.06. The maximum atomic E-state index is 11.8. The first-order valence-electron chi connectivity index (χ1n) is 8.96. The predicted molar refractivity (Wildman–Crippen MR) is 116 cm³/mol. The fourth-order valence-electron chi connectivity index (χ4n) is 4.01. The Balaban J connectivity index is 2.32. The van der Waals surface area contributed by atoms with Crippen molar-refractivity contribution in [2.75, 3.05) is 0 Å². The molecule has 1 N–H and O–H groups in total. The van der Waals surface area contributed by atoms with Crippen molar-refractivity contribution in [3.8, 4) is 5.88 Å². The molecule has 0 aliphatic rings. The van der Waals surface area contributed by atoms with Gasteiger partial charge in [0, 0.05) is 6.07 Å². The van der Waals surface area contributed by atoms with E-state index in [1.165, 1.54) is 10.4 Å². The molecule has 1 atom stereocenters. The van der Waals surface area contributed by atoms with Crippen molar-refractivity contribution in [1.29, 1.82) is 0 Å². The molecular formula is C22H24BrNO2Si. The summed E-state index contributed by atoms with van der Waals surface area (Å²) >= 11 is 2.99. The first kappa shape index (κ1) is 19.8. The molecule has 0 saturated carbocycles. The molecule has 5 heteroatoms. The molecule has 0 bridgehead atoms. The number of rotatable bonds is 5. The van der Waals surface area contributed by atoms with Crippen molar-refractivity contribution < 1.29 is 8.93 Å². The summed E-state index contributed by atoms with van der Waals surface area (Å²) in [6.45, 7) is 6.65. The molecule has 0 aliphatic carbocycles. The summed E-state index contributed by atoms with van der Waals surface area (Å²) < 4.78 is 5.12. The van der Waals surface area contributed by atoms with E-state index in [0.29, 0.717) is 11.6 Å². The Hall–Kier alpha value is -1.95. The molecule has 2 aromatic carbocycles. The van der Waals surface area contributed by atoms with Gasteiger partial charge in [-0.2, -0.15) is 0 Å².